The summed E-state index contributed by atoms with van der Waals surface area (Å²) in [7, 11) is 1.78. The van der Waals surface area contributed by atoms with Gasteiger partial charge in [0.2, 0.25) is 0 Å². The van der Waals surface area contributed by atoms with Crippen LogP contribution in [0.5, 0.6) is 5.75 Å². The number of amides is 1. The topological polar surface area (TPSA) is 72.3 Å². The molecule has 1 saturated heterocycles. The predicted octanol–water partition coefficient (Wildman–Crippen LogP) is 2.00. The van der Waals surface area contributed by atoms with Crippen molar-refractivity contribution in [2.24, 2.45) is 0 Å². The van der Waals surface area contributed by atoms with E-state index >= 15 is 0 Å². The average Bonchev–Trinajstić information content (AvgIpc) is 3.03. The Morgan fingerprint density at radius 3 is 2.58 bits per heavy atom. The summed E-state index contributed by atoms with van der Waals surface area (Å²) in [6, 6.07) is 6.20. The van der Waals surface area contributed by atoms with E-state index in [-0.39, 0.29) is 17.7 Å². The summed E-state index contributed by atoms with van der Waals surface area (Å²) in [6.45, 7) is 0.665. The van der Waals surface area contributed by atoms with Gasteiger partial charge in [0.25, 0.3) is 5.91 Å². The minimum atomic E-state index is -2.87. The van der Waals surface area contributed by atoms with E-state index in [0.717, 1.165) is 25.9 Å². The molecule has 0 bridgehead atoms. The molecule has 0 spiro atoms. The summed E-state index contributed by atoms with van der Waals surface area (Å²) < 4.78 is 30.3. The number of ether oxygens (including phenoxy) is 1. The van der Waals surface area contributed by atoms with Gasteiger partial charge in [-0.15, -0.1) is 5.10 Å². The monoisotopic (exact) mass is 365 g/mol. The first-order chi connectivity index (χ1) is 12.5. The zero-order valence-corrected chi connectivity index (χ0v) is 14.7. The van der Waals surface area contributed by atoms with Gasteiger partial charge >= 0.3 is 6.61 Å². The standard InChI is InChI=1S/C17H21F2N5O2/c1-11-15(16(25)23(2)12-7-9-20-10-8-12)21-22-24(11)13-3-5-14(6-4-13)26-17(18)19/h3-6,12,17,20H,7-10H2,1-2H3. The molecule has 1 fully saturated rings. The molecule has 1 amide bonds. The predicted molar refractivity (Wildman–Crippen MR) is 90.7 cm³/mol. The Kier molecular flexibility index (Phi) is 5.46. The van der Waals surface area contributed by atoms with Gasteiger partial charge in [-0.3, -0.25) is 4.79 Å². The second-order valence-corrected chi connectivity index (χ2v) is 6.20. The second-order valence-electron chi connectivity index (χ2n) is 6.20. The second kappa shape index (κ2) is 7.77. The van der Waals surface area contributed by atoms with Crippen molar-refractivity contribution in [2.75, 3.05) is 20.1 Å². The summed E-state index contributed by atoms with van der Waals surface area (Å²) in [5.41, 5.74) is 1.50. The van der Waals surface area contributed by atoms with Gasteiger partial charge in [-0.2, -0.15) is 8.78 Å². The molecule has 1 aromatic heterocycles. The molecule has 0 unspecified atom stereocenters. The average molecular weight is 365 g/mol. The highest BCUT2D eigenvalue weighted by molar-refractivity contribution is 5.93. The van der Waals surface area contributed by atoms with Gasteiger partial charge in [-0.1, -0.05) is 5.21 Å². The number of halogens is 2. The fraction of sp³-hybridized carbons (Fsp3) is 0.471. The van der Waals surface area contributed by atoms with Crippen LogP contribution in [0.3, 0.4) is 0 Å². The molecular formula is C17H21F2N5O2. The van der Waals surface area contributed by atoms with E-state index in [1.165, 1.54) is 16.8 Å². The molecule has 0 radical (unpaired) electrons. The fourth-order valence-electron chi connectivity index (χ4n) is 3.07. The van der Waals surface area contributed by atoms with E-state index in [0.29, 0.717) is 17.1 Å². The summed E-state index contributed by atoms with van der Waals surface area (Å²) >= 11 is 0. The highest BCUT2D eigenvalue weighted by atomic mass is 19.3. The van der Waals surface area contributed by atoms with Crippen molar-refractivity contribution in [2.45, 2.75) is 32.4 Å². The summed E-state index contributed by atoms with van der Waals surface area (Å²) in [5, 5.41) is 11.4. The third-order valence-electron chi connectivity index (χ3n) is 4.58. The Bertz CT molecular complexity index is 757. The molecule has 2 heterocycles. The number of nitrogens with zero attached hydrogens (tertiary/aromatic N) is 4. The summed E-state index contributed by atoms with van der Waals surface area (Å²) in [6.07, 6.45) is 1.81. The summed E-state index contributed by atoms with van der Waals surface area (Å²) in [5.74, 6) is -0.109. The van der Waals surface area contributed by atoms with E-state index in [9.17, 15) is 13.6 Å². The van der Waals surface area contributed by atoms with Crippen molar-refractivity contribution in [3.05, 3.63) is 35.7 Å². The molecule has 1 N–H and O–H groups in total. The molecule has 2 aromatic rings. The molecule has 1 aliphatic rings. The van der Waals surface area contributed by atoms with Crippen LogP contribution in [-0.4, -0.2) is 58.6 Å². The van der Waals surface area contributed by atoms with E-state index in [2.05, 4.69) is 20.4 Å². The molecule has 7 nitrogen and oxygen atoms in total. The molecule has 140 valence electrons. The minimum absolute atomic E-state index is 0.0588. The van der Waals surface area contributed by atoms with Crippen LogP contribution in [-0.2, 0) is 0 Å². The number of nitrogens with one attached hydrogen (secondary N) is 1. The third kappa shape index (κ3) is 3.82. The zero-order chi connectivity index (χ0) is 18.7. The van der Waals surface area contributed by atoms with Crippen molar-refractivity contribution in [1.82, 2.24) is 25.2 Å². The lowest BCUT2D eigenvalue weighted by Gasteiger charge is -2.31. The van der Waals surface area contributed by atoms with E-state index in [4.69, 9.17) is 0 Å². The number of benzene rings is 1. The van der Waals surface area contributed by atoms with Crippen molar-refractivity contribution in [3.63, 3.8) is 0 Å². The Hall–Kier alpha value is -2.55. The van der Waals surface area contributed by atoms with Crippen LogP contribution in [0.15, 0.2) is 24.3 Å². The first-order valence-corrected chi connectivity index (χ1v) is 8.43. The van der Waals surface area contributed by atoms with Gasteiger partial charge in [0.15, 0.2) is 5.69 Å². The van der Waals surface area contributed by atoms with Gasteiger partial charge in [0, 0.05) is 13.1 Å². The van der Waals surface area contributed by atoms with E-state index < -0.39 is 6.61 Å². The number of hydrogen-bond donors (Lipinski definition) is 1. The number of carbonyl (C=O) groups excluding carboxylic acids is 1. The molecule has 0 atom stereocenters. The minimum Gasteiger partial charge on any atom is -0.435 e. The Morgan fingerprint density at radius 2 is 1.96 bits per heavy atom. The van der Waals surface area contributed by atoms with Gasteiger partial charge in [-0.25, -0.2) is 4.68 Å². The lowest BCUT2D eigenvalue weighted by atomic mass is 10.0. The highest BCUT2D eigenvalue weighted by Crippen LogP contribution is 2.20. The molecule has 0 aliphatic carbocycles. The first-order valence-electron chi connectivity index (χ1n) is 8.43. The van der Waals surface area contributed by atoms with Crippen molar-refractivity contribution >= 4 is 5.91 Å². The first kappa shape index (κ1) is 18.2. The van der Waals surface area contributed by atoms with Crippen LogP contribution in [0.1, 0.15) is 29.0 Å². The lowest BCUT2D eigenvalue weighted by Crippen LogP contribution is -2.44. The number of carbonyl (C=O) groups is 1. The van der Waals surface area contributed by atoms with Crippen LogP contribution in [0.2, 0.25) is 0 Å². The molecule has 26 heavy (non-hydrogen) atoms. The van der Waals surface area contributed by atoms with E-state index in [1.54, 1.807) is 31.0 Å². The Labute approximate surface area is 149 Å². The van der Waals surface area contributed by atoms with Crippen LogP contribution in [0.25, 0.3) is 5.69 Å². The molecule has 0 saturated carbocycles. The maximum absolute atomic E-state index is 12.8. The molecule has 3 rings (SSSR count). The normalized spacial score (nSPS) is 15.3. The van der Waals surface area contributed by atoms with Gasteiger partial charge in [-0.05, 0) is 57.1 Å². The molecule has 9 heteroatoms. The van der Waals surface area contributed by atoms with Crippen LogP contribution >= 0.6 is 0 Å². The van der Waals surface area contributed by atoms with Gasteiger partial charge in [0.1, 0.15) is 5.75 Å². The quantitative estimate of drug-likeness (QED) is 0.878. The van der Waals surface area contributed by atoms with Gasteiger partial charge < -0.3 is 15.0 Å². The van der Waals surface area contributed by atoms with Crippen molar-refractivity contribution in [3.8, 4) is 11.4 Å². The maximum Gasteiger partial charge on any atom is 0.387 e. The number of aromatic nitrogens is 3. The van der Waals surface area contributed by atoms with Crippen LogP contribution in [0.4, 0.5) is 8.78 Å². The van der Waals surface area contributed by atoms with Crippen molar-refractivity contribution < 1.29 is 18.3 Å². The number of alkyl halides is 2. The van der Waals surface area contributed by atoms with E-state index in [1.807, 2.05) is 0 Å². The SMILES string of the molecule is Cc1c(C(=O)N(C)C2CCNCC2)nnn1-c1ccc(OC(F)F)cc1. The number of piperidine rings is 1. The van der Waals surface area contributed by atoms with Crippen molar-refractivity contribution in [1.29, 1.82) is 0 Å². The molecule has 1 aromatic carbocycles. The number of hydrogen-bond acceptors (Lipinski definition) is 5. The summed E-state index contributed by atoms with van der Waals surface area (Å²) in [4.78, 5) is 14.5. The Balaban J connectivity index is 1.77. The largest absolute Gasteiger partial charge is 0.435 e. The van der Waals surface area contributed by atoms with Crippen LogP contribution < -0.4 is 10.1 Å². The molecule has 1 aliphatic heterocycles. The fourth-order valence-corrected chi connectivity index (χ4v) is 3.07. The molecular weight excluding hydrogens is 344 g/mol. The highest BCUT2D eigenvalue weighted by Gasteiger charge is 2.26. The zero-order valence-electron chi connectivity index (χ0n) is 14.7. The lowest BCUT2D eigenvalue weighted by molar-refractivity contribution is -0.0498. The van der Waals surface area contributed by atoms with Crippen LogP contribution in [0, 0.1) is 6.92 Å². The van der Waals surface area contributed by atoms with Gasteiger partial charge in [0.05, 0.1) is 11.4 Å². The third-order valence-corrected chi connectivity index (χ3v) is 4.58. The Morgan fingerprint density at radius 1 is 1.31 bits per heavy atom. The smallest absolute Gasteiger partial charge is 0.387 e. The number of rotatable bonds is 5. The maximum atomic E-state index is 12.8.